The molecule has 0 spiro atoms. The zero-order valence-electron chi connectivity index (χ0n) is 16.1. The first-order chi connectivity index (χ1) is 11.8. The van der Waals surface area contributed by atoms with Gasteiger partial charge in [-0.2, -0.15) is 0 Å². The van der Waals surface area contributed by atoms with Crippen LogP contribution in [0.3, 0.4) is 0 Å². The Hall–Kier alpha value is -0.820. The molecule has 136 valence electrons. The van der Waals surface area contributed by atoms with Gasteiger partial charge in [0.2, 0.25) is 0 Å². The molecule has 1 heterocycles. The predicted molar refractivity (Wildman–Crippen MR) is 105 cm³/mol. The molecule has 1 nitrogen and oxygen atoms in total. The standard InChI is InChI=1S/C23H38O/c1-3-5-7-8-10-12-23-18-17-22(19-24-23)21-15-13-20(14-16-21)11-9-6-4-2/h13-16,22-23H,3-12,17-19H2,1-2H3. The predicted octanol–water partition coefficient (Wildman–Crippen LogP) is 7.04. The molecule has 0 aromatic heterocycles. The molecular weight excluding hydrogens is 292 g/mol. The van der Waals surface area contributed by atoms with Gasteiger partial charge in [0, 0.05) is 5.92 Å². The van der Waals surface area contributed by atoms with Crippen molar-refractivity contribution in [3.63, 3.8) is 0 Å². The summed E-state index contributed by atoms with van der Waals surface area (Å²) < 4.78 is 6.16. The molecule has 24 heavy (non-hydrogen) atoms. The lowest BCUT2D eigenvalue weighted by atomic mass is 9.89. The Balaban J connectivity index is 1.66. The number of aryl methyl sites for hydroxylation is 1. The summed E-state index contributed by atoms with van der Waals surface area (Å²) in [5, 5.41) is 0. The molecule has 2 atom stereocenters. The molecule has 1 heteroatoms. The molecule has 1 fully saturated rings. The first kappa shape index (κ1) is 19.5. The van der Waals surface area contributed by atoms with E-state index in [4.69, 9.17) is 4.74 Å². The molecular formula is C23H38O. The fourth-order valence-corrected chi connectivity index (χ4v) is 3.81. The minimum atomic E-state index is 0.524. The van der Waals surface area contributed by atoms with Crippen LogP contribution in [0.25, 0.3) is 0 Å². The van der Waals surface area contributed by atoms with Crippen LogP contribution in [-0.2, 0) is 11.2 Å². The second-order valence-corrected chi connectivity index (χ2v) is 7.63. The van der Waals surface area contributed by atoms with Crippen molar-refractivity contribution in [1.29, 1.82) is 0 Å². The number of ether oxygens (including phenoxy) is 1. The molecule has 0 radical (unpaired) electrons. The summed E-state index contributed by atoms with van der Waals surface area (Å²) in [6.07, 6.45) is 16.4. The van der Waals surface area contributed by atoms with Crippen LogP contribution >= 0.6 is 0 Å². The van der Waals surface area contributed by atoms with Gasteiger partial charge in [0.15, 0.2) is 0 Å². The number of hydrogen-bond donors (Lipinski definition) is 0. The Morgan fingerprint density at radius 2 is 1.54 bits per heavy atom. The van der Waals surface area contributed by atoms with Crippen molar-refractivity contribution >= 4 is 0 Å². The van der Waals surface area contributed by atoms with Crippen LogP contribution in [0.15, 0.2) is 24.3 Å². The summed E-state index contributed by atoms with van der Waals surface area (Å²) in [7, 11) is 0. The average molecular weight is 331 g/mol. The highest BCUT2D eigenvalue weighted by Crippen LogP contribution is 2.30. The molecule has 0 bridgehead atoms. The van der Waals surface area contributed by atoms with Crippen molar-refractivity contribution in [1.82, 2.24) is 0 Å². The highest BCUT2D eigenvalue weighted by molar-refractivity contribution is 5.26. The van der Waals surface area contributed by atoms with Crippen molar-refractivity contribution in [2.75, 3.05) is 6.61 Å². The molecule has 0 amide bonds. The third-order valence-corrected chi connectivity index (χ3v) is 5.52. The smallest absolute Gasteiger partial charge is 0.0575 e. The molecule has 1 saturated heterocycles. The lowest BCUT2D eigenvalue weighted by Gasteiger charge is -2.29. The van der Waals surface area contributed by atoms with Gasteiger partial charge < -0.3 is 4.74 Å². The van der Waals surface area contributed by atoms with Crippen molar-refractivity contribution in [3.8, 4) is 0 Å². The first-order valence-corrected chi connectivity index (χ1v) is 10.5. The molecule has 2 unspecified atom stereocenters. The molecule has 2 rings (SSSR count). The topological polar surface area (TPSA) is 9.23 Å². The van der Waals surface area contributed by atoms with E-state index in [2.05, 4.69) is 38.1 Å². The molecule has 0 N–H and O–H groups in total. The minimum Gasteiger partial charge on any atom is -0.378 e. The fourth-order valence-electron chi connectivity index (χ4n) is 3.81. The van der Waals surface area contributed by atoms with Crippen LogP contribution in [0, 0.1) is 0 Å². The fraction of sp³-hybridized carbons (Fsp3) is 0.739. The molecule has 0 saturated carbocycles. The van der Waals surface area contributed by atoms with Crippen LogP contribution in [0.1, 0.15) is 102 Å². The highest BCUT2D eigenvalue weighted by atomic mass is 16.5. The number of benzene rings is 1. The Morgan fingerprint density at radius 3 is 2.21 bits per heavy atom. The lowest BCUT2D eigenvalue weighted by Crippen LogP contribution is -2.24. The maximum absolute atomic E-state index is 6.16. The molecule has 1 aromatic carbocycles. The van der Waals surface area contributed by atoms with E-state index >= 15 is 0 Å². The first-order valence-electron chi connectivity index (χ1n) is 10.5. The van der Waals surface area contributed by atoms with Crippen molar-refractivity contribution < 1.29 is 4.74 Å². The SMILES string of the molecule is CCCCCCCC1CCC(c2ccc(CCCCC)cc2)CO1. The Bertz CT molecular complexity index is 414. The van der Waals surface area contributed by atoms with Gasteiger partial charge in [-0.3, -0.25) is 0 Å². The van der Waals surface area contributed by atoms with Crippen LogP contribution < -0.4 is 0 Å². The average Bonchev–Trinajstić information content (AvgIpc) is 2.63. The van der Waals surface area contributed by atoms with E-state index in [-0.39, 0.29) is 0 Å². The zero-order chi connectivity index (χ0) is 17.0. The molecule has 1 aliphatic heterocycles. The van der Waals surface area contributed by atoms with Gasteiger partial charge in [0.1, 0.15) is 0 Å². The lowest BCUT2D eigenvalue weighted by molar-refractivity contribution is -0.00213. The van der Waals surface area contributed by atoms with Gasteiger partial charge in [0.05, 0.1) is 12.7 Å². The number of hydrogen-bond acceptors (Lipinski definition) is 1. The van der Waals surface area contributed by atoms with Gasteiger partial charge in [-0.1, -0.05) is 83.1 Å². The molecule has 1 aliphatic rings. The van der Waals surface area contributed by atoms with Crippen LogP contribution in [0.4, 0.5) is 0 Å². The molecule has 0 aliphatic carbocycles. The summed E-state index contributed by atoms with van der Waals surface area (Å²) in [6.45, 7) is 5.47. The third kappa shape index (κ3) is 6.97. The Morgan fingerprint density at radius 1 is 0.833 bits per heavy atom. The minimum absolute atomic E-state index is 0.524. The van der Waals surface area contributed by atoms with Crippen molar-refractivity contribution in [3.05, 3.63) is 35.4 Å². The number of unbranched alkanes of at least 4 members (excludes halogenated alkanes) is 6. The maximum atomic E-state index is 6.16. The third-order valence-electron chi connectivity index (χ3n) is 5.52. The largest absolute Gasteiger partial charge is 0.378 e. The van der Waals surface area contributed by atoms with Crippen molar-refractivity contribution in [2.24, 2.45) is 0 Å². The van der Waals surface area contributed by atoms with Gasteiger partial charge in [0.25, 0.3) is 0 Å². The van der Waals surface area contributed by atoms with Crippen LogP contribution in [0.5, 0.6) is 0 Å². The van der Waals surface area contributed by atoms with Crippen molar-refractivity contribution in [2.45, 2.75) is 103 Å². The molecule has 1 aromatic rings. The van der Waals surface area contributed by atoms with E-state index < -0.39 is 0 Å². The van der Waals surface area contributed by atoms with Crippen LogP contribution in [-0.4, -0.2) is 12.7 Å². The number of rotatable bonds is 11. The highest BCUT2D eigenvalue weighted by Gasteiger charge is 2.22. The quantitative estimate of drug-likeness (QED) is 0.395. The maximum Gasteiger partial charge on any atom is 0.0575 e. The normalized spacial score (nSPS) is 21.1. The van der Waals surface area contributed by atoms with E-state index in [1.807, 2.05) is 0 Å². The van der Waals surface area contributed by atoms with Gasteiger partial charge in [-0.15, -0.1) is 0 Å². The Labute approximate surface area is 150 Å². The second-order valence-electron chi connectivity index (χ2n) is 7.63. The zero-order valence-corrected chi connectivity index (χ0v) is 16.1. The summed E-state index contributed by atoms with van der Waals surface area (Å²) in [5.41, 5.74) is 2.98. The summed E-state index contributed by atoms with van der Waals surface area (Å²) >= 11 is 0. The van der Waals surface area contributed by atoms with E-state index in [0.29, 0.717) is 12.0 Å². The Kier molecular flexibility index (Phi) is 9.50. The van der Waals surface area contributed by atoms with Gasteiger partial charge in [-0.05, 0) is 43.2 Å². The van der Waals surface area contributed by atoms with E-state index in [0.717, 1.165) is 6.61 Å². The van der Waals surface area contributed by atoms with E-state index in [1.54, 1.807) is 0 Å². The van der Waals surface area contributed by atoms with Gasteiger partial charge in [-0.25, -0.2) is 0 Å². The van der Waals surface area contributed by atoms with Gasteiger partial charge >= 0.3 is 0 Å². The summed E-state index contributed by atoms with van der Waals surface area (Å²) in [6, 6.07) is 9.37. The van der Waals surface area contributed by atoms with E-state index in [9.17, 15) is 0 Å². The monoisotopic (exact) mass is 330 g/mol. The van der Waals surface area contributed by atoms with E-state index in [1.165, 1.54) is 88.2 Å². The summed E-state index contributed by atoms with van der Waals surface area (Å²) in [4.78, 5) is 0. The second kappa shape index (κ2) is 11.7. The summed E-state index contributed by atoms with van der Waals surface area (Å²) in [5.74, 6) is 0.617. The van der Waals surface area contributed by atoms with Crippen LogP contribution in [0.2, 0.25) is 0 Å².